The number of hydrogen-bond donors (Lipinski definition) is 2. The first-order valence-corrected chi connectivity index (χ1v) is 28.0. The topological polar surface area (TPSA) is 205 Å². The van der Waals surface area contributed by atoms with Crippen LogP contribution in [-0.2, 0) is 33.3 Å². The standard InChI is InChI=1S/C19H27BrN2O4.C18H26BrN3O3.C18H25BrN2O4/c1-19(2,3)26-18(24)22-11-5-10-21(12-13-22)16(17(23)25-4)14-6-8-15(20)9-7-14;1-18(2,3)25-17(24)22-10-4-9-21(11-12-22)15(16(20)23)13-5-7-14(19)8-6-13;1-18(2,3)25-17(24)21-10-4-9-20(11-12-21)15(16(22)23)13-5-7-14(19)8-6-13/h6-9,16H,5,10-13H2,1-4H3;5-8,15H,4,9-12H2,1-3H3,(H2,20,23);5-8,15H,4,9-12H2,1-3H3,(H,22,23). The van der Waals surface area contributed by atoms with Crippen LogP contribution >= 0.6 is 47.8 Å². The molecule has 3 fully saturated rings. The van der Waals surface area contributed by atoms with Crippen LogP contribution in [0.15, 0.2) is 86.2 Å². The Morgan fingerprint density at radius 2 is 0.724 bits per heavy atom. The maximum Gasteiger partial charge on any atom is 0.410 e. The van der Waals surface area contributed by atoms with E-state index in [1.807, 2.05) is 145 Å². The normalized spacial score (nSPS) is 17.6. The number of esters is 1. The maximum atomic E-state index is 12.4. The minimum atomic E-state index is -0.881. The first-order chi connectivity index (χ1) is 35.5. The molecule has 21 heteroatoms. The van der Waals surface area contributed by atoms with Crippen molar-refractivity contribution < 1.29 is 52.8 Å². The van der Waals surface area contributed by atoms with Crippen LogP contribution < -0.4 is 5.73 Å². The average molecular weight is 1250 g/mol. The molecule has 4 amide bonds. The van der Waals surface area contributed by atoms with Gasteiger partial charge in [-0.2, -0.15) is 0 Å². The van der Waals surface area contributed by atoms with Crippen LogP contribution in [-0.4, -0.2) is 173 Å². The highest BCUT2D eigenvalue weighted by molar-refractivity contribution is 9.11. The van der Waals surface area contributed by atoms with Gasteiger partial charge >= 0.3 is 30.2 Å². The summed E-state index contributed by atoms with van der Waals surface area (Å²) in [6.07, 6.45) is 1.28. The molecule has 3 aromatic carbocycles. The number of methoxy groups -OCH3 is 1. The van der Waals surface area contributed by atoms with Crippen LogP contribution in [0.3, 0.4) is 0 Å². The van der Waals surface area contributed by atoms with Crippen molar-refractivity contribution in [3.05, 3.63) is 103 Å². The fourth-order valence-corrected chi connectivity index (χ4v) is 9.51. The smallest absolute Gasteiger partial charge is 0.410 e. The molecule has 0 aromatic heterocycles. The largest absolute Gasteiger partial charge is 0.480 e. The molecule has 0 bridgehead atoms. The van der Waals surface area contributed by atoms with Crippen molar-refractivity contribution in [2.24, 2.45) is 5.73 Å². The van der Waals surface area contributed by atoms with Gasteiger partial charge in [0.05, 0.1) is 7.11 Å². The summed E-state index contributed by atoms with van der Waals surface area (Å²) in [6, 6.07) is 20.9. The monoisotopic (exact) mass is 1250 g/mol. The number of carbonyl (C=O) groups is 6. The van der Waals surface area contributed by atoms with E-state index in [-0.39, 0.29) is 30.2 Å². The van der Waals surface area contributed by atoms with Crippen molar-refractivity contribution in [3.8, 4) is 0 Å². The van der Waals surface area contributed by atoms with Gasteiger partial charge in [0.15, 0.2) is 0 Å². The highest BCUT2D eigenvalue weighted by Crippen LogP contribution is 2.29. The van der Waals surface area contributed by atoms with Gasteiger partial charge in [-0.25, -0.2) is 19.2 Å². The van der Waals surface area contributed by atoms with Gasteiger partial charge in [-0.05, 0) is 135 Å². The number of primary amides is 1. The Hall–Kier alpha value is -4.80. The third kappa shape index (κ3) is 21.2. The van der Waals surface area contributed by atoms with Crippen LogP contribution in [0.2, 0.25) is 0 Å². The van der Waals surface area contributed by atoms with E-state index >= 15 is 0 Å². The van der Waals surface area contributed by atoms with E-state index in [4.69, 9.17) is 24.7 Å². The van der Waals surface area contributed by atoms with Crippen molar-refractivity contribution in [2.45, 2.75) is 117 Å². The molecule has 3 unspecified atom stereocenters. The number of amides is 4. The molecule has 0 saturated carbocycles. The van der Waals surface area contributed by atoms with Gasteiger partial charge in [0.25, 0.3) is 0 Å². The van der Waals surface area contributed by atoms with Gasteiger partial charge in [0, 0.05) is 92.0 Å². The molecule has 3 aliphatic heterocycles. The molecule has 0 aliphatic carbocycles. The number of nitrogens with two attached hydrogens (primary N) is 1. The Balaban J connectivity index is 0.000000246. The highest BCUT2D eigenvalue weighted by atomic mass is 79.9. The molecule has 420 valence electrons. The predicted molar refractivity (Wildman–Crippen MR) is 301 cm³/mol. The summed E-state index contributed by atoms with van der Waals surface area (Å²) < 4.78 is 24.2. The number of halogens is 3. The summed E-state index contributed by atoms with van der Waals surface area (Å²) in [5, 5.41) is 9.71. The molecule has 18 nitrogen and oxygen atoms in total. The lowest BCUT2D eigenvalue weighted by molar-refractivity contribution is -0.147. The second kappa shape index (κ2) is 29.3. The summed E-state index contributed by atoms with van der Waals surface area (Å²) >= 11 is 10.2. The van der Waals surface area contributed by atoms with Gasteiger partial charge in [-0.15, -0.1) is 0 Å². The quantitative estimate of drug-likeness (QED) is 0.151. The second-order valence-electron chi connectivity index (χ2n) is 21.7. The van der Waals surface area contributed by atoms with Crippen molar-refractivity contribution in [2.75, 3.05) is 85.6 Å². The fourth-order valence-electron chi connectivity index (χ4n) is 8.72. The third-order valence-corrected chi connectivity index (χ3v) is 13.7. The Bertz CT molecular complexity index is 2270. The molecule has 76 heavy (non-hydrogen) atoms. The lowest BCUT2D eigenvalue weighted by Crippen LogP contribution is -2.42. The maximum absolute atomic E-state index is 12.4. The van der Waals surface area contributed by atoms with Gasteiger partial charge < -0.3 is 44.5 Å². The van der Waals surface area contributed by atoms with E-state index in [1.165, 1.54) is 7.11 Å². The molecule has 3 heterocycles. The summed E-state index contributed by atoms with van der Waals surface area (Å²) in [6.45, 7) is 23.6. The SMILES string of the molecule is CC(C)(C)OC(=O)N1CCCN(C(C(=O)O)c2ccc(Br)cc2)CC1.CC(C)(C)OC(=O)N1CCCN(C(C(N)=O)c2ccc(Br)cc2)CC1.COC(=O)C(c1ccc(Br)cc1)N1CCCN(C(=O)OC(C)(C)C)CC1. The lowest BCUT2D eigenvalue weighted by Gasteiger charge is -2.29. The number of hydrogen-bond acceptors (Lipinski definition) is 13. The number of carbonyl (C=O) groups excluding carboxylic acids is 5. The van der Waals surface area contributed by atoms with E-state index in [1.54, 1.807) is 14.7 Å². The molecule has 3 N–H and O–H groups in total. The van der Waals surface area contributed by atoms with Crippen LogP contribution in [0, 0.1) is 0 Å². The number of carboxylic acids is 1. The average Bonchev–Trinajstić information content (AvgIpc) is 3.83. The Kier molecular flexibility index (Phi) is 24.5. The molecule has 0 spiro atoms. The zero-order valence-corrected chi connectivity index (χ0v) is 50.4. The first kappa shape index (κ1) is 63.7. The number of aliphatic carboxylic acids is 1. The van der Waals surface area contributed by atoms with Gasteiger partial charge in [0.2, 0.25) is 5.91 Å². The molecule has 6 rings (SSSR count). The number of carboxylic acid groups (broad SMARTS) is 1. The summed E-state index contributed by atoms with van der Waals surface area (Å²) in [4.78, 5) is 84.3. The third-order valence-electron chi connectivity index (χ3n) is 12.1. The molecular weight excluding hydrogens is 1170 g/mol. The van der Waals surface area contributed by atoms with Crippen molar-refractivity contribution in [1.82, 2.24) is 29.4 Å². The fraction of sp³-hybridized carbons (Fsp3) is 0.564. The Morgan fingerprint density at radius 3 is 1.00 bits per heavy atom. The number of ether oxygens (including phenoxy) is 4. The Labute approximate surface area is 474 Å². The van der Waals surface area contributed by atoms with E-state index in [0.717, 1.165) is 43.0 Å². The molecule has 3 aromatic rings. The Morgan fingerprint density at radius 1 is 0.447 bits per heavy atom. The summed E-state index contributed by atoms with van der Waals surface area (Å²) in [5.41, 5.74) is 6.57. The number of rotatable bonds is 9. The zero-order valence-electron chi connectivity index (χ0n) is 45.7. The molecule has 0 radical (unpaired) electrons. The number of nitrogens with zero attached hydrogens (tertiary/aromatic N) is 6. The minimum Gasteiger partial charge on any atom is -0.480 e. The molecule has 3 atom stereocenters. The lowest BCUT2D eigenvalue weighted by atomic mass is 10.0. The summed E-state index contributed by atoms with van der Waals surface area (Å²) in [5.74, 6) is -1.56. The molecular formula is C55H78Br3N7O11. The van der Waals surface area contributed by atoms with Crippen LogP contribution in [0.1, 0.15) is 116 Å². The van der Waals surface area contributed by atoms with Gasteiger partial charge in [0.1, 0.15) is 34.9 Å². The molecule has 3 saturated heterocycles. The first-order valence-electron chi connectivity index (χ1n) is 25.6. The van der Waals surface area contributed by atoms with Gasteiger partial charge in [-0.1, -0.05) is 84.2 Å². The van der Waals surface area contributed by atoms with Crippen LogP contribution in [0.4, 0.5) is 14.4 Å². The second-order valence-corrected chi connectivity index (χ2v) is 24.4. The number of benzene rings is 3. The van der Waals surface area contributed by atoms with E-state index < -0.39 is 40.9 Å². The van der Waals surface area contributed by atoms with Crippen LogP contribution in [0.5, 0.6) is 0 Å². The minimum absolute atomic E-state index is 0.293. The highest BCUT2D eigenvalue weighted by Gasteiger charge is 2.35. The van der Waals surface area contributed by atoms with Crippen molar-refractivity contribution >= 4 is 83.9 Å². The predicted octanol–water partition coefficient (Wildman–Crippen LogP) is 10.0. The van der Waals surface area contributed by atoms with E-state index in [0.29, 0.717) is 85.0 Å². The van der Waals surface area contributed by atoms with E-state index in [2.05, 4.69) is 52.7 Å². The van der Waals surface area contributed by atoms with Crippen LogP contribution in [0.25, 0.3) is 0 Å². The zero-order chi connectivity index (χ0) is 56.5. The van der Waals surface area contributed by atoms with Gasteiger partial charge in [-0.3, -0.25) is 24.3 Å². The van der Waals surface area contributed by atoms with E-state index in [9.17, 15) is 33.9 Å². The van der Waals surface area contributed by atoms with Crippen molar-refractivity contribution in [3.63, 3.8) is 0 Å². The summed E-state index contributed by atoms with van der Waals surface area (Å²) in [7, 11) is 1.40. The molecule has 3 aliphatic rings. The van der Waals surface area contributed by atoms with Crippen molar-refractivity contribution in [1.29, 1.82) is 0 Å².